The van der Waals surface area contributed by atoms with Gasteiger partial charge in [0.15, 0.2) is 5.69 Å². The van der Waals surface area contributed by atoms with Crippen molar-refractivity contribution in [1.82, 2.24) is 20.0 Å². The van der Waals surface area contributed by atoms with E-state index in [-0.39, 0.29) is 5.56 Å². The van der Waals surface area contributed by atoms with Crippen LogP contribution >= 0.6 is 11.8 Å². The minimum Gasteiger partial charge on any atom is -0.410 e. The molecule has 0 amide bonds. The summed E-state index contributed by atoms with van der Waals surface area (Å²) in [5.41, 5.74) is 1.38. The van der Waals surface area contributed by atoms with Gasteiger partial charge in [0.25, 0.3) is 16.7 Å². The number of aromatic nitrogens is 4. The predicted octanol–water partition coefficient (Wildman–Crippen LogP) is 4.00. The monoisotopic (exact) mass is 378 g/mol. The SMILES string of the molecule is CCCSc1nnc(-c2nn(Cc3ccccc3)c(=O)c3ccccc23)o1. The third-order valence-corrected chi connectivity index (χ3v) is 5.11. The summed E-state index contributed by atoms with van der Waals surface area (Å²) in [5.74, 6) is 1.23. The molecule has 0 saturated heterocycles. The first-order chi connectivity index (χ1) is 13.3. The maximum Gasteiger partial charge on any atom is 0.276 e. The van der Waals surface area contributed by atoms with Gasteiger partial charge in [0.2, 0.25) is 0 Å². The van der Waals surface area contributed by atoms with E-state index >= 15 is 0 Å². The van der Waals surface area contributed by atoms with Crippen LogP contribution in [0.5, 0.6) is 0 Å². The zero-order chi connectivity index (χ0) is 18.6. The lowest BCUT2D eigenvalue weighted by atomic mass is 10.1. The van der Waals surface area contributed by atoms with E-state index in [9.17, 15) is 4.79 Å². The molecular weight excluding hydrogens is 360 g/mol. The molecule has 0 N–H and O–H groups in total. The molecule has 0 aliphatic heterocycles. The summed E-state index contributed by atoms with van der Waals surface area (Å²) in [6, 6.07) is 17.1. The second-order valence-electron chi connectivity index (χ2n) is 6.06. The van der Waals surface area contributed by atoms with Gasteiger partial charge in [-0.25, -0.2) is 4.68 Å². The first kappa shape index (κ1) is 17.5. The lowest BCUT2D eigenvalue weighted by molar-refractivity contribution is 0.463. The maximum atomic E-state index is 12.9. The molecule has 0 aliphatic rings. The lowest BCUT2D eigenvalue weighted by Crippen LogP contribution is -2.24. The minimum absolute atomic E-state index is 0.140. The average Bonchev–Trinajstić information content (AvgIpc) is 3.18. The van der Waals surface area contributed by atoms with Gasteiger partial charge in [-0.1, -0.05) is 67.2 Å². The van der Waals surface area contributed by atoms with E-state index < -0.39 is 0 Å². The van der Waals surface area contributed by atoms with Crippen LogP contribution in [0.3, 0.4) is 0 Å². The van der Waals surface area contributed by atoms with Crippen LogP contribution in [-0.2, 0) is 6.54 Å². The number of hydrogen-bond acceptors (Lipinski definition) is 6. The highest BCUT2D eigenvalue weighted by Crippen LogP contribution is 2.26. The van der Waals surface area contributed by atoms with Crippen LogP contribution in [0.15, 0.2) is 69.0 Å². The van der Waals surface area contributed by atoms with Gasteiger partial charge in [0.05, 0.1) is 11.9 Å². The van der Waals surface area contributed by atoms with E-state index in [1.54, 1.807) is 6.07 Å². The first-order valence-electron chi connectivity index (χ1n) is 8.76. The van der Waals surface area contributed by atoms with Crippen molar-refractivity contribution in [3.63, 3.8) is 0 Å². The number of nitrogens with zero attached hydrogens (tertiary/aromatic N) is 4. The van der Waals surface area contributed by atoms with Crippen molar-refractivity contribution >= 4 is 22.5 Å². The van der Waals surface area contributed by atoms with Crippen LogP contribution in [0.1, 0.15) is 18.9 Å². The van der Waals surface area contributed by atoms with Crippen molar-refractivity contribution in [1.29, 1.82) is 0 Å². The molecule has 2 heterocycles. The molecule has 27 heavy (non-hydrogen) atoms. The Kier molecular flexibility index (Phi) is 5.02. The smallest absolute Gasteiger partial charge is 0.276 e. The highest BCUT2D eigenvalue weighted by molar-refractivity contribution is 7.99. The van der Waals surface area contributed by atoms with Crippen LogP contribution in [0.25, 0.3) is 22.4 Å². The van der Waals surface area contributed by atoms with E-state index in [1.165, 1.54) is 16.4 Å². The summed E-state index contributed by atoms with van der Waals surface area (Å²) < 4.78 is 7.24. The summed E-state index contributed by atoms with van der Waals surface area (Å²) in [4.78, 5) is 12.9. The summed E-state index contributed by atoms with van der Waals surface area (Å²) in [6.45, 7) is 2.47. The predicted molar refractivity (Wildman–Crippen MR) is 106 cm³/mol. The molecule has 0 fully saturated rings. The quantitative estimate of drug-likeness (QED) is 0.472. The Morgan fingerprint density at radius 2 is 1.74 bits per heavy atom. The molecule has 0 bridgehead atoms. The molecule has 4 aromatic rings. The molecule has 136 valence electrons. The van der Waals surface area contributed by atoms with E-state index in [2.05, 4.69) is 22.2 Å². The zero-order valence-electron chi connectivity index (χ0n) is 14.8. The average molecular weight is 378 g/mol. The van der Waals surface area contributed by atoms with Gasteiger partial charge in [-0.3, -0.25) is 4.79 Å². The van der Waals surface area contributed by atoms with Gasteiger partial charge in [0, 0.05) is 11.1 Å². The lowest BCUT2D eigenvalue weighted by Gasteiger charge is -2.09. The van der Waals surface area contributed by atoms with Crippen LogP contribution in [0.2, 0.25) is 0 Å². The molecule has 0 radical (unpaired) electrons. The van der Waals surface area contributed by atoms with Crippen LogP contribution < -0.4 is 5.56 Å². The Hall–Kier alpha value is -2.93. The molecule has 2 aromatic carbocycles. The van der Waals surface area contributed by atoms with Crippen molar-refractivity contribution < 1.29 is 4.42 Å². The second-order valence-corrected chi connectivity index (χ2v) is 7.11. The molecule has 0 unspecified atom stereocenters. The Balaban J connectivity index is 1.83. The summed E-state index contributed by atoms with van der Waals surface area (Å²) in [6.07, 6.45) is 1.02. The zero-order valence-corrected chi connectivity index (χ0v) is 15.6. The summed E-state index contributed by atoms with van der Waals surface area (Å²) in [7, 11) is 0. The van der Waals surface area contributed by atoms with Crippen molar-refractivity contribution in [2.75, 3.05) is 5.75 Å². The normalized spacial score (nSPS) is 11.1. The molecule has 0 spiro atoms. The Labute approximate surface area is 160 Å². The largest absolute Gasteiger partial charge is 0.410 e. The van der Waals surface area contributed by atoms with E-state index in [0.717, 1.165) is 17.7 Å². The van der Waals surface area contributed by atoms with Crippen LogP contribution in [0.4, 0.5) is 0 Å². The minimum atomic E-state index is -0.140. The number of fused-ring (bicyclic) bond motifs is 1. The number of hydrogen-bond donors (Lipinski definition) is 0. The van der Waals surface area contributed by atoms with Crippen molar-refractivity contribution in [2.24, 2.45) is 0 Å². The fourth-order valence-corrected chi connectivity index (χ4v) is 3.42. The summed E-state index contributed by atoms with van der Waals surface area (Å²) in [5, 5.41) is 14.6. The number of thioether (sulfide) groups is 1. The number of benzene rings is 2. The van der Waals surface area contributed by atoms with Gasteiger partial charge in [-0.05, 0) is 18.1 Å². The third-order valence-electron chi connectivity index (χ3n) is 4.08. The van der Waals surface area contributed by atoms with Crippen molar-refractivity contribution in [2.45, 2.75) is 25.1 Å². The fraction of sp³-hybridized carbons (Fsp3) is 0.200. The Morgan fingerprint density at radius 1 is 1.00 bits per heavy atom. The number of rotatable bonds is 6. The molecule has 0 atom stereocenters. The second kappa shape index (κ2) is 7.75. The van der Waals surface area contributed by atoms with Gasteiger partial charge in [-0.15, -0.1) is 10.2 Å². The maximum absolute atomic E-state index is 12.9. The Bertz CT molecular complexity index is 1120. The molecule has 0 saturated carbocycles. The van der Waals surface area contributed by atoms with Gasteiger partial charge in [-0.2, -0.15) is 5.10 Å². The van der Waals surface area contributed by atoms with Gasteiger partial charge in [0.1, 0.15) is 0 Å². The van der Waals surface area contributed by atoms with Crippen molar-refractivity contribution in [3.05, 3.63) is 70.5 Å². The highest BCUT2D eigenvalue weighted by atomic mass is 32.2. The molecule has 4 rings (SSSR count). The third kappa shape index (κ3) is 3.64. The first-order valence-corrected chi connectivity index (χ1v) is 9.75. The molecule has 0 aliphatic carbocycles. The topological polar surface area (TPSA) is 73.8 Å². The van der Waals surface area contributed by atoms with Gasteiger partial charge < -0.3 is 4.42 Å². The molecule has 2 aromatic heterocycles. The van der Waals surface area contributed by atoms with E-state index in [0.29, 0.717) is 34.1 Å². The van der Waals surface area contributed by atoms with Crippen LogP contribution in [0, 0.1) is 0 Å². The Morgan fingerprint density at radius 3 is 2.52 bits per heavy atom. The molecule has 6 nitrogen and oxygen atoms in total. The molecular formula is C20H18N4O2S. The van der Waals surface area contributed by atoms with Crippen molar-refractivity contribution in [3.8, 4) is 11.6 Å². The van der Waals surface area contributed by atoms with E-state index in [1.807, 2.05) is 48.5 Å². The summed E-state index contributed by atoms with van der Waals surface area (Å²) >= 11 is 1.51. The highest BCUT2D eigenvalue weighted by Gasteiger charge is 2.17. The van der Waals surface area contributed by atoms with Gasteiger partial charge >= 0.3 is 0 Å². The van der Waals surface area contributed by atoms with E-state index in [4.69, 9.17) is 4.42 Å². The molecule has 7 heteroatoms. The van der Waals surface area contributed by atoms with Crippen LogP contribution in [-0.4, -0.2) is 25.7 Å². The fourth-order valence-electron chi connectivity index (χ4n) is 2.81. The standard InChI is InChI=1S/C20H18N4O2S/c1-2-12-27-20-22-21-18(26-20)17-15-10-6-7-11-16(15)19(25)24(23-17)13-14-8-4-3-5-9-14/h3-11H,2,12-13H2,1H3.